The highest BCUT2D eigenvalue weighted by Crippen LogP contribution is 2.27. The van der Waals surface area contributed by atoms with Gasteiger partial charge in [0, 0.05) is 6.04 Å². The van der Waals surface area contributed by atoms with Gasteiger partial charge in [0.25, 0.3) is 0 Å². The Kier molecular flexibility index (Phi) is 5.04. The molecule has 0 aromatic carbocycles. The fourth-order valence-electron chi connectivity index (χ4n) is 2.26. The van der Waals surface area contributed by atoms with Crippen molar-refractivity contribution < 1.29 is 0 Å². The third kappa shape index (κ3) is 2.92. The van der Waals surface area contributed by atoms with Gasteiger partial charge in [0.15, 0.2) is 0 Å². The molecule has 0 N–H and O–H groups in total. The van der Waals surface area contributed by atoms with Gasteiger partial charge in [-0.1, -0.05) is 38.9 Å². The van der Waals surface area contributed by atoms with Crippen LogP contribution >= 0.6 is 12.2 Å². The number of nitrogens with zero attached hydrogens (tertiary/aromatic N) is 2. The van der Waals surface area contributed by atoms with Gasteiger partial charge in [0.1, 0.15) is 6.04 Å². The van der Waals surface area contributed by atoms with E-state index >= 15 is 0 Å². The Bertz CT molecular complexity index is 257. The minimum absolute atomic E-state index is 0.00172. The van der Waals surface area contributed by atoms with Crippen molar-refractivity contribution in [2.45, 2.75) is 64.5 Å². The van der Waals surface area contributed by atoms with Crippen LogP contribution in [0.5, 0.6) is 0 Å². The molecule has 1 saturated heterocycles. The topological polar surface area (TPSA) is 27.0 Å². The van der Waals surface area contributed by atoms with Crippen molar-refractivity contribution in [3.8, 4) is 6.07 Å². The van der Waals surface area contributed by atoms with E-state index in [1.807, 2.05) is 0 Å². The predicted molar refractivity (Wildman–Crippen MR) is 66.7 cm³/mol. The molecule has 1 rings (SSSR count). The molecule has 0 amide bonds. The van der Waals surface area contributed by atoms with Crippen LogP contribution < -0.4 is 0 Å². The molecule has 2 unspecified atom stereocenters. The first-order valence-electron chi connectivity index (χ1n) is 5.95. The van der Waals surface area contributed by atoms with E-state index in [2.05, 4.69) is 24.8 Å². The molecule has 0 aromatic heterocycles. The van der Waals surface area contributed by atoms with E-state index < -0.39 is 0 Å². The van der Waals surface area contributed by atoms with Gasteiger partial charge in [-0.2, -0.15) is 5.26 Å². The summed E-state index contributed by atoms with van der Waals surface area (Å²) in [6, 6.07) is 2.90. The van der Waals surface area contributed by atoms with E-state index in [-0.39, 0.29) is 6.04 Å². The second kappa shape index (κ2) is 6.07. The number of hydrogen-bond acceptors (Lipinski definition) is 2. The molecule has 1 heterocycles. The van der Waals surface area contributed by atoms with Gasteiger partial charge in [0.2, 0.25) is 0 Å². The Balaban J connectivity index is 2.64. The summed E-state index contributed by atoms with van der Waals surface area (Å²) in [7, 11) is 0. The molecule has 84 valence electrons. The molecular formula is C12H20N2S. The van der Waals surface area contributed by atoms with Gasteiger partial charge in [-0.3, -0.25) is 0 Å². The summed E-state index contributed by atoms with van der Waals surface area (Å²) in [5.41, 5.74) is 0. The third-order valence-corrected chi connectivity index (χ3v) is 3.55. The second-order valence-corrected chi connectivity index (χ2v) is 4.66. The molecule has 0 aliphatic carbocycles. The van der Waals surface area contributed by atoms with E-state index in [1.54, 1.807) is 0 Å². The zero-order valence-electron chi connectivity index (χ0n) is 9.70. The molecule has 15 heavy (non-hydrogen) atoms. The average molecular weight is 224 g/mol. The highest BCUT2D eigenvalue weighted by atomic mass is 32.1. The first-order chi connectivity index (χ1) is 7.24. The SMILES string of the molecule is CCCCC1CCC(=S)N1C(C#N)CC. The van der Waals surface area contributed by atoms with Crippen LogP contribution in [-0.2, 0) is 0 Å². The van der Waals surface area contributed by atoms with E-state index in [0.29, 0.717) is 6.04 Å². The fourth-order valence-corrected chi connectivity index (χ4v) is 2.66. The summed E-state index contributed by atoms with van der Waals surface area (Å²) in [6.07, 6.45) is 6.68. The number of hydrogen-bond donors (Lipinski definition) is 0. The van der Waals surface area contributed by atoms with Crippen molar-refractivity contribution >= 4 is 17.2 Å². The lowest BCUT2D eigenvalue weighted by atomic mass is 10.1. The smallest absolute Gasteiger partial charge is 0.117 e. The normalized spacial score (nSPS) is 22.9. The van der Waals surface area contributed by atoms with E-state index in [9.17, 15) is 0 Å². The minimum atomic E-state index is 0.00172. The second-order valence-electron chi connectivity index (χ2n) is 4.19. The standard InChI is InChI=1S/C12H20N2S/c1-3-5-6-11-7-8-12(15)14(11)10(4-2)9-13/h10-11H,3-8H2,1-2H3. The Morgan fingerprint density at radius 3 is 2.87 bits per heavy atom. The lowest BCUT2D eigenvalue weighted by molar-refractivity contribution is 0.275. The largest absolute Gasteiger partial charge is 0.347 e. The van der Waals surface area contributed by atoms with Gasteiger partial charge in [0.05, 0.1) is 11.1 Å². The molecule has 2 nitrogen and oxygen atoms in total. The van der Waals surface area contributed by atoms with Crippen LogP contribution in [0.2, 0.25) is 0 Å². The van der Waals surface area contributed by atoms with Crippen molar-refractivity contribution in [3.63, 3.8) is 0 Å². The Labute approximate surface area is 98.3 Å². The maximum absolute atomic E-state index is 9.10. The maximum Gasteiger partial charge on any atom is 0.117 e. The molecule has 2 atom stereocenters. The molecule has 1 fully saturated rings. The summed E-state index contributed by atoms with van der Waals surface area (Å²) >= 11 is 5.35. The average Bonchev–Trinajstić information content (AvgIpc) is 2.60. The molecule has 1 aliphatic heterocycles. The summed E-state index contributed by atoms with van der Waals surface area (Å²) < 4.78 is 0. The van der Waals surface area contributed by atoms with Crippen LogP contribution in [0, 0.1) is 11.3 Å². The predicted octanol–water partition coefficient (Wildman–Crippen LogP) is 3.27. The summed E-state index contributed by atoms with van der Waals surface area (Å²) in [6.45, 7) is 4.27. The number of thiocarbonyl (C=S) groups is 1. The van der Waals surface area contributed by atoms with Crippen molar-refractivity contribution in [2.24, 2.45) is 0 Å². The molecule has 0 saturated carbocycles. The fraction of sp³-hybridized carbons (Fsp3) is 0.833. The van der Waals surface area contributed by atoms with Gasteiger partial charge < -0.3 is 4.90 Å². The van der Waals surface area contributed by atoms with Crippen LogP contribution in [0.25, 0.3) is 0 Å². The molecule has 0 bridgehead atoms. The Morgan fingerprint density at radius 1 is 1.60 bits per heavy atom. The monoisotopic (exact) mass is 224 g/mol. The van der Waals surface area contributed by atoms with Crippen molar-refractivity contribution in [3.05, 3.63) is 0 Å². The number of unbranched alkanes of at least 4 members (excludes halogenated alkanes) is 1. The van der Waals surface area contributed by atoms with Gasteiger partial charge >= 0.3 is 0 Å². The van der Waals surface area contributed by atoms with E-state index in [1.165, 1.54) is 19.3 Å². The van der Waals surface area contributed by atoms with Gasteiger partial charge in [-0.05, 0) is 25.7 Å². The third-order valence-electron chi connectivity index (χ3n) is 3.14. The summed E-state index contributed by atoms with van der Waals surface area (Å²) in [5.74, 6) is 0. The lowest BCUT2D eigenvalue weighted by Crippen LogP contribution is -2.40. The van der Waals surface area contributed by atoms with Gasteiger partial charge in [-0.15, -0.1) is 0 Å². The quantitative estimate of drug-likeness (QED) is 0.671. The van der Waals surface area contributed by atoms with Crippen LogP contribution in [-0.4, -0.2) is 22.0 Å². The van der Waals surface area contributed by atoms with Crippen LogP contribution in [0.4, 0.5) is 0 Å². The lowest BCUT2D eigenvalue weighted by Gasteiger charge is -2.30. The number of nitriles is 1. The highest BCUT2D eigenvalue weighted by molar-refractivity contribution is 7.80. The molecular weight excluding hydrogens is 204 g/mol. The van der Waals surface area contributed by atoms with E-state index in [4.69, 9.17) is 17.5 Å². The zero-order chi connectivity index (χ0) is 11.3. The van der Waals surface area contributed by atoms with Crippen LogP contribution in [0.1, 0.15) is 52.4 Å². The van der Waals surface area contributed by atoms with E-state index in [0.717, 1.165) is 24.3 Å². The summed E-state index contributed by atoms with van der Waals surface area (Å²) in [5, 5.41) is 9.10. The highest BCUT2D eigenvalue weighted by Gasteiger charge is 2.32. The van der Waals surface area contributed by atoms with Crippen molar-refractivity contribution in [2.75, 3.05) is 0 Å². The van der Waals surface area contributed by atoms with Crippen LogP contribution in [0.15, 0.2) is 0 Å². The molecule has 3 heteroatoms. The van der Waals surface area contributed by atoms with Gasteiger partial charge in [-0.25, -0.2) is 0 Å². The molecule has 1 aliphatic rings. The Hall–Kier alpha value is -0.620. The van der Waals surface area contributed by atoms with Crippen molar-refractivity contribution in [1.82, 2.24) is 4.90 Å². The minimum Gasteiger partial charge on any atom is -0.347 e. The molecule has 0 spiro atoms. The molecule has 0 aromatic rings. The molecule has 0 radical (unpaired) electrons. The summed E-state index contributed by atoms with van der Waals surface area (Å²) in [4.78, 5) is 3.20. The maximum atomic E-state index is 9.10. The Morgan fingerprint density at radius 2 is 2.33 bits per heavy atom. The first-order valence-corrected chi connectivity index (χ1v) is 6.36. The first kappa shape index (κ1) is 12.4. The number of likely N-dealkylation sites (tertiary alicyclic amines) is 1. The van der Waals surface area contributed by atoms with Crippen molar-refractivity contribution in [1.29, 1.82) is 5.26 Å². The van der Waals surface area contributed by atoms with Crippen LogP contribution in [0.3, 0.4) is 0 Å². The number of rotatable bonds is 5. The zero-order valence-corrected chi connectivity index (χ0v) is 10.5.